The van der Waals surface area contributed by atoms with Crippen LogP contribution in [0.15, 0.2) is 60.3 Å². The molecule has 0 bridgehead atoms. The summed E-state index contributed by atoms with van der Waals surface area (Å²) in [7, 11) is 4.46. The average molecular weight is 503 g/mol. The first-order valence-electron chi connectivity index (χ1n) is 11.7. The highest BCUT2D eigenvalue weighted by atomic mass is 16.5. The molecule has 2 aromatic carbocycles. The van der Waals surface area contributed by atoms with Crippen LogP contribution in [0.5, 0.6) is 23.0 Å². The third kappa shape index (κ3) is 4.22. The lowest BCUT2D eigenvalue weighted by Crippen LogP contribution is -2.29. The number of methoxy groups -OCH3 is 3. The van der Waals surface area contributed by atoms with Crippen molar-refractivity contribution in [2.75, 3.05) is 27.9 Å². The molecule has 1 saturated heterocycles. The second kappa shape index (κ2) is 9.85. The summed E-state index contributed by atoms with van der Waals surface area (Å²) in [5.74, 6) is 0.0296. The highest BCUT2D eigenvalue weighted by molar-refractivity contribution is 6.46. The van der Waals surface area contributed by atoms with Gasteiger partial charge in [0.05, 0.1) is 51.8 Å². The summed E-state index contributed by atoms with van der Waals surface area (Å²) in [6.07, 6.45) is 2.31. The molecule has 9 heteroatoms. The lowest BCUT2D eigenvalue weighted by molar-refractivity contribution is -0.140. The molecular weight excluding hydrogens is 476 g/mol. The molecular formula is C28H26N2O7. The van der Waals surface area contributed by atoms with E-state index in [9.17, 15) is 14.7 Å². The van der Waals surface area contributed by atoms with Gasteiger partial charge in [-0.2, -0.15) is 0 Å². The number of carbonyl (C=O) groups excluding carboxylic acids is 2. The maximum absolute atomic E-state index is 13.4. The van der Waals surface area contributed by atoms with Crippen LogP contribution in [0.2, 0.25) is 0 Å². The molecule has 3 aromatic rings. The molecule has 37 heavy (non-hydrogen) atoms. The van der Waals surface area contributed by atoms with Gasteiger partial charge in [-0.1, -0.05) is 6.07 Å². The van der Waals surface area contributed by atoms with Crippen LogP contribution in [-0.4, -0.2) is 54.6 Å². The highest BCUT2D eigenvalue weighted by Gasteiger charge is 2.46. The van der Waals surface area contributed by atoms with Crippen molar-refractivity contribution in [3.8, 4) is 23.0 Å². The van der Waals surface area contributed by atoms with E-state index in [-0.39, 0.29) is 17.9 Å². The van der Waals surface area contributed by atoms with Crippen molar-refractivity contribution >= 4 is 17.4 Å². The summed E-state index contributed by atoms with van der Waals surface area (Å²) in [4.78, 5) is 32.5. The Morgan fingerprint density at radius 2 is 1.81 bits per heavy atom. The Kier molecular flexibility index (Phi) is 6.43. The number of amides is 1. The second-order valence-corrected chi connectivity index (χ2v) is 8.63. The van der Waals surface area contributed by atoms with Gasteiger partial charge >= 0.3 is 0 Å². The monoisotopic (exact) mass is 502 g/mol. The lowest BCUT2D eigenvalue weighted by atomic mass is 9.94. The van der Waals surface area contributed by atoms with E-state index in [1.54, 1.807) is 54.7 Å². The van der Waals surface area contributed by atoms with Crippen molar-refractivity contribution in [1.29, 1.82) is 0 Å². The summed E-state index contributed by atoms with van der Waals surface area (Å²) in [5, 5.41) is 11.4. The molecule has 190 valence electrons. The van der Waals surface area contributed by atoms with E-state index < -0.39 is 17.7 Å². The van der Waals surface area contributed by atoms with Crippen molar-refractivity contribution in [3.63, 3.8) is 0 Å². The number of aliphatic hydroxyl groups excluding tert-OH is 1. The molecule has 0 radical (unpaired) electrons. The first kappa shape index (κ1) is 24.2. The van der Waals surface area contributed by atoms with Crippen LogP contribution in [-0.2, 0) is 22.6 Å². The van der Waals surface area contributed by atoms with Crippen molar-refractivity contribution in [3.05, 3.63) is 82.7 Å². The number of nitrogens with zero attached hydrogens (tertiary/aromatic N) is 2. The number of aromatic nitrogens is 1. The molecule has 0 saturated carbocycles. The summed E-state index contributed by atoms with van der Waals surface area (Å²) >= 11 is 0. The van der Waals surface area contributed by atoms with Gasteiger partial charge in [0.1, 0.15) is 11.5 Å². The number of hydrogen-bond donors (Lipinski definition) is 1. The van der Waals surface area contributed by atoms with Crippen molar-refractivity contribution in [1.82, 2.24) is 9.88 Å². The van der Waals surface area contributed by atoms with E-state index in [1.165, 1.54) is 26.2 Å². The number of carbonyl (C=O) groups is 2. The Morgan fingerprint density at radius 1 is 1.05 bits per heavy atom. The van der Waals surface area contributed by atoms with Crippen molar-refractivity contribution in [2.45, 2.75) is 19.0 Å². The summed E-state index contributed by atoms with van der Waals surface area (Å²) in [6, 6.07) is 13.0. The minimum Gasteiger partial charge on any atom is -0.507 e. The van der Waals surface area contributed by atoms with E-state index in [1.807, 2.05) is 0 Å². The van der Waals surface area contributed by atoms with Gasteiger partial charge in [-0.25, -0.2) is 0 Å². The van der Waals surface area contributed by atoms with Gasteiger partial charge in [0.15, 0.2) is 11.5 Å². The van der Waals surface area contributed by atoms with Crippen LogP contribution >= 0.6 is 0 Å². The molecule has 1 unspecified atom stereocenters. The van der Waals surface area contributed by atoms with E-state index in [0.29, 0.717) is 47.1 Å². The van der Waals surface area contributed by atoms with Crippen LogP contribution < -0.4 is 18.9 Å². The number of Topliss-reactive ketones (excluding diaryl/α,β-unsaturated/α-hetero) is 1. The van der Waals surface area contributed by atoms with Gasteiger partial charge in [-0.05, 0) is 53.6 Å². The third-order valence-electron chi connectivity index (χ3n) is 6.56. The zero-order chi connectivity index (χ0) is 26.1. The molecule has 1 atom stereocenters. The molecule has 3 heterocycles. The van der Waals surface area contributed by atoms with E-state index >= 15 is 0 Å². The van der Waals surface area contributed by atoms with E-state index in [4.69, 9.17) is 18.9 Å². The number of ether oxygens (including phenoxy) is 4. The highest BCUT2D eigenvalue weighted by Crippen LogP contribution is 2.46. The van der Waals surface area contributed by atoms with Gasteiger partial charge in [0, 0.05) is 18.2 Å². The number of likely N-dealkylation sites (tertiary alicyclic amines) is 1. The normalized spacial score (nSPS) is 17.9. The summed E-state index contributed by atoms with van der Waals surface area (Å²) < 4.78 is 22.1. The molecule has 0 spiro atoms. The maximum atomic E-state index is 13.4. The average Bonchev–Trinajstić information content (AvgIpc) is 3.50. The first-order valence-corrected chi connectivity index (χ1v) is 11.7. The standard InChI is InChI=1S/C28H26N2O7/c1-34-21-13-18(14-22(35-2)27(21)36-3)24-23(25(31)17-7-8-20-16(12-17)9-11-37-20)26(32)28(33)30(24)15-19-6-4-5-10-29-19/h4-8,10,12-14,24,31H,9,11,15H2,1-3H3/b25-23+. The number of hydrogen-bond acceptors (Lipinski definition) is 8. The SMILES string of the molecule is COc1cc(C2/C(=C(\O)c3ccc4c(c3)CCO4)C(=O)C(=O)N2Cc2ccccn2)cc(OC)c1OC. The summed E-state index contributed by atoms with van der Waals surface area (Å²) in [5.41, 5.74) is 2.43. The number of fused-ring (bicyclic) bond motifs is 1. The molecule has 1 amide bonds. The number of benzene rings is 2. The second-order valence-electron chi connectivity index (χ2n) is 8.63. The maximum Gasteiger partial charge on any atom is 0.296 e. The number of aliphatic hydroxyl groups is 1. The lowest BCUT2D eigenvalue weighted by Gasteiger charge is -2.26. The Balaban J connectivity index is 1.70. The van der Waals surface area contributed by atoms with Gasteiger partial charge in [0.2, 0.25) is 5.75 Å². The smallest absolute Gasteiger partial charge is 0.296 e. The zero-order valence-electron chi connectivity index (χ0n) is 20.7. The zero-order valence-corrected chi connectivity index (χ0v) is 20.7. The van der Waals surface area contributed by atoms with Gasteiger partial charge < -0.3 is 29.0 Å². The molecule has 9 nitrogen and oxygen atoms in total. The first-order chi connectivity index (χ1) is 18.0. The molecule has 1 fully saturated rings. The third-order valence-corrected chi connectivity index (χ3v) is 6.56. The number of pyridine rings is 1. The van der Waals surface area contributed by atoms with Crippen LogP contribution in [0.3, 0.4) is 0 Å². The molecule has 0 aliphatic carbocycles. The molecule has 5 rings (SSSR count). The Hall–Kier alpha value is -4.53. The van der Waals surface area contributed by atoms with E-state index in [2.05, 4.69) is 4.98 Å². The quantitative estimate of drug-likeness (QED) is 0.296. The van der Waals surface area contributed by atoms with Crippen LogP contribution in [0.4, 0.5) is 0 Å². The minimum absolute atomic E-state index is 0.0333. The van der Waals surface area contributed by atoms with Crippen LogP contribution in [0, 0.1) is 0 Å². The van der Waals surface area contributed by atoms with E-state index in [0.717, 1.165) is 11.3 Å². The Labute approximate surface area is 213 Å². The van der Waals surface area contributed by atoms with Crippen molar-refractivity contribution in [2.24, 2.45) is 0 Å². The van der Waals surface area contributed by atoms with Crippen LogP contribution in [0.1, 0.15) is 28.4 Å². The molecule has 1 N–H and O–H groups in total. The van der Waals surface area contributed by atoms with Gasteiger partial charge in [-0.15, -0.1) is 0 Å². The largest absolute Gasteiger partial charge is 0.507 e. The number of ketones is 1. The Bertz CT molecular complexity index is 1380. The predicted molar refractivity (Wildman–Crippen MR) is 134 cm³/mol. The molecule has 2 aliphatic rings. The fraction of sp³-hybridized carbons (Fsp3) is 0.250. The molecule has 2 aliphatic heterocycles. The predicted octanol–water partition coefficient (Wildman–Crippen LogP) is 3.66. The Morgan fingerprint density at radius 3 is 2.46 bits per heavy atom. The minimum atomic E-state index is -0.930. The number of rotatable bonds is 7. The summed E-state index contributed by atoms with van der Waals surface area (Å²) in [6.45, 7) is 0.612. The fourth-order valence-corrected chi connectivity index (χ4v) is 4.80. The van der Waals surface area contributed by atoms with Crippen molar-refractivity contribution < 1.29 is 33.6 Å². The topological polar surface area (TPSA) is 107 Å². The van der Waals surface area contributed by atoms with Gasteiger partial charge in [0.25, 0.3) is 11.7 Å². The van der Waals surface area contributed by atoms with Crippen LogP contribution in [0.25, 0.3) is 5.76 Å². The van der Waals surface area contributed by atoms with Gasteiger partial charge in [-0.3, -0.25) is 14.6 Å². The fourth-order valence-electron chi connectivity index (χ4n) is 4.80. The molecule has 1 aromatic heterocycles.